The number of aromatic amines is 2. The molecule has 3 aromatic rings. The minimum absolute atomic E-state index is 0.0311. The Bertz CT molecular complexity index is 837. The van der Waals surface area contributed by atoms with Gasteiger partial charge >= 0.3 is 0 Å². The van der Waals surface area contributed by atoms with Crippen molar-refractivity contribution in [2.75, 3.05) is 11.1 Å². The maximum atomic E-state index is 12.2. The van der Waals surface area contributed by atoms with E-state index in [2.05, 4.69) is 25.3 Å². The Morgan fingerprint density at radius 1 is 1.43 bits per heavy atom. The number of amides is 1. The zero-order chi connectivity index (χ0) is 15.0. The highest BCUT2D eigenvalue weighted by Gasteiger charge is 2.20. The van der Waals surface area contributed by atoms with Gasteiger partial charge in [0.2, 0.25) is 5.95 Å². The first-order valence-electron chi connectivity index (χ1n) is 5.79. The standard InChI is InChI=1S/C11H9N7O3/c12-10-15-7-4-5(18(20)21)3-6(8(7)16-10)9(19)17-11-13-1-2-14-11/h1-4H,(H3,12,15,16)(H2,13,14,17,19). The minimum atomic E-state index is -0.597. The van der Waals surface area contributed by atoms with Crippen molar-refractivity contribution >= 4 is 34.5 Å². The molecule has 0 saturated carbocycles. The normalized spacial score (nSPS) is 10.7. The van der Waals surface area contributed by atoms with Crippen LogP contribution in [0.3, 0.4) is 0 Å². The summed E-state index contributed by atoms with van der Waals surface area (Å²) in [6.07, 6.45) is 3.00. The number of H-pyrrole nitrogens is 2. The van der Waals surface area contributed by atoms with E-state index >= 15 is 0 Å². The molecule has 0 aliphatic rings. The number of anilines is 2. The highest BCUT2D eigenvalue weighted by atomic mass is 16.6. The number of benzene rings is 1. The molecule has 106 valence electrons. The number of non-ortho nitro benzene ring substituents is 1. The molecule has 0 spiro atoms. The van der Waals surface area contributed by atoms with Gasteiger partial charge in [0.1, 0.15) is 5.52 Å². The second-order valence-electron chi connectivity index (χ2n) is 4.16. The SMILES string of the molecule is Nc1nc2c(C(=O)Nc3ncc[nH]3)cc([N+](=O)[O-])cc2[nH]1. The van der Waals surface area contributed by atoms with Gasteiger partial charge in [0.15, 0.2) is 5.95 Å². The number of nitrogens with two attached hydrogens (primary N) is 1. The molecule has 0 saturated heterocycles. The topological polar surface area (TPSA) is 156 Å². The smallest absolute Gasteiger partial charge is 0.272 e. The van der Waals surface area contributed by atoms with Crippen LogP contribution in [0.2, 0.25) is 0 Å². The van der Waals surface area contributed by atoms with Gasteiger partial charge in [0.05, 0.1) is 16.0 Å². The van der Waals surface area contributed by atoms with Crippen molar-refractivity contribution in [3.8, 4) is 0 Å². The Hall–Kier alpha value is -3.43. The molecule has 5 N–H and O–H groups in total. The van der Waals surface area contributed by atoms with Gasteiger partial charge in [-0.15, -0.1) is 0 Å². The lowest BCUT2D eigenvalue weighted by Crippen LogP contribution is -2.14. The predicted molar refractivity (Wildman–Crippen MR) is 73.7 cm³/mol. The molecule has 1 amide bonds. The maximum Gasteiger partial charge on any atom is 0.272 e. The van der Waals surface area contributed by atoms with Crippen molar-refractivity contribution in [2.24, 2.45) is 0 Å². The molecule has 2 heterocycles. The Labute approximate surface area is 116 Å². The van der Waals surface area contributed by atoms with Gasteiger partial charge in [-0.2, -0.15) is 0 Å². The molecule has 2 aromatic heterocycles. The number of hydrogen-bond donors (Lipinski definition) is 4. The van der Waals surface area contributed by atoms with Crippen LogP contribution in [0.1, 0.15) is 10.4 Å². The third kappa shape index (κ3) is 2.25. The number of imidazole rings is 2. The first-order chi connectivity index (χ1) is 10.0. The van der Waals surface area contributed by atoms with E-state index in [1.165, 1.54) is 18.5 Å². The van der Waals surface area contributed by atoms with Gasteiger partial charge in [0, 0.05) is 24.5 Å². The van der Waals surface area contributed by atoms with Gasteiger partial charge in [-0.25, -0.2) is 9.97 Å². The van der Waals surface area contributed by atoms with Crippen molar-refractivity contribution in [3.05, 3.63) is 40.2 Å². The second kappa shape index (κ2) is 4.59. The van der Waals surface area contributed by atoms with Gasteiger partial charge < -0.3 is 15.7 Å². The summed E-state index contributed by atoms with van der Waals surface area (Å²) < 4.78 is 0. The van der Waals surface area contributed by atoms with E-state index in [0.29, 0.717) is 5.52 Å². The average molecular weight is 287 g/mol. The number of carbonyl (C=O) groups excluding carboxylic acids is 1. The fraction of sp³-hybridized carbons (Fsp3) is 0. The summed E-state index contributed by atoms with van der Waals surface area (Å²) in [6.45, 7) is 0. The number of nitrogens with zero attached hydrogens (tertiary/aromatic N) is 3. The Morgan fingerprint density at radius 2 is 2.24 bits per heavy atom. The van der Waals surface area contributed by atoms with Gasteiger partial charge in [-0.1, -0.05) is 0 Å². The van der Waals surface area contributed by atoms with Crippen LogP contribution in [0.5, 0.6) is 0 Å². The lowest BCUT2D eigenvalue weighted by atomic mass is 10.1. The summed E-state index contributed by atoms with van der Waals surface area (Å²) in [6, 6.07) is 2.41. The highest BCUT2D eigenvalue weighted by molar-refractivity contribution is 6.11. The maximum absolute atomic E-state index is 12.2. The van der Waals surface area contributed by atoms with Crippen LogP contribution in [0.15, 0.2) is 24.5 Å². The average Bonchev–Trinajstić information content (AvgIpc) is 3.05. The van der Waals surface area contributed by atoms with Crippen molar-refractivity contribution in [3.63, 3.8) is 0 Å². The van der Waals surface area contributed by atoms with Crippen LogP contribution in [-0.2, 0) is 0 Å². The van der Waals surface area contributed by atoms with E-state index in [0.717, 1.165) is 6.07 Å². The lowest BCUT2D eigenvalue weighted by Gasteiger charge is -2.03. The molecule has 0 radical (unpaired) electrons. The zero-order valence-electron chi connectivity index (χ0n) is 10.5. The van der Waals surface area contributed by atoms with Crippen LogP contribution < -0.4 is 11.1 Å². The number of nitro benzene ring substituents is 1. The van der Waals surface area contributed by atoms with E-state index < -0.39 is 10.8 Å². The van der Waals surface area contributed by atoms with Gasteiger partial charge in [-0.05, 0) is 0 Å². The molecule has 0 unspecified atom stereocenters. The van der Waals surface area contributed by atoms with Gasteiger partial charge in [-0.3, -0.25) is 20.2 Å². The number of hydrogen-bond acceptors (Lipinski definition) is 6. The number of nitrogen functional groups attached to an aromatic ring is 1. The predicted octanol–water partition coefficient (Wildman–Crippen LogP) is 1.03. The molecule has 10 heteroatoms. The summed E-state index contributed by atoms with van der Waals surface area (Å²) in [4.78, 5) is 35.7. The third-order valence-corrected chi connectivity index (χ3v) is 2.78. The molecular formula is C11H9N7O3. The van der Waals surface area contributed by atoms with E-state index in [1.54, 1.807) is 0 Å². The number of fused-ring (bicyclic) bond motifs is 1. The first kappa shape index (κ1) is 12.6. The van der Waals surface area contributed by atoms with Crippen LogP contribution in [0.25, 0.3) is 11.0 Å². The van der Waals surface area contributed by atoms with Crippen LogP contribution in [-0.4, -0.2) is 30.8 Å². The molecule has 0 aliphatic carbocycles. The summed E-state index contributed by atoms with van der Waals surface area (Å²) in [5.74, 6) is -0.286. The molecule has 3 rings (SSSR count). The van der Waals surface area contributed by atoms with E-state index in [9.17, 15) is 14.9 Å². The highest BCUT2D eigenvalue weighted by Crippen LogP contribution is 2.25. The van der Waals surface area contributed by atoms with Crippen LogP contribution in [0, 0.1) is 10.1 Å². The molecule has 0 bridgehead atoms. The summed E-state index contributed by atoms with van der Waals surface area (Å²) in [7, 11) is 0. The monoisotopic (exact) mass is 287 g/mol. The number of rotatable bonds is 3. The zero-order valence-corrected chi connectivity index (χ0v) is 10.5. The van der Waals surface area contributed by atoms with Crippen LogP contribution >= 0.6 is 0 Å². The fourth-order valence-electron chi connectivity index (χ4n) is 1.91. The first-order valence-corrected chi connectivity index (χ1v) is 5.79. The minimum Gasteiger partial charge on any atom is -0.369 e. The van der Waals surface area contributed by atoms with Gasteiger partial charge in [0.25, 0.3) is 11.6 Å². The lowest BCUT2D eigenvalue weighted by molar-refractivity contribution is -0.384. The Balaban J connectivity index is 2.10. The quantitative estimate of drug-likeness (QED) is 0.416. The number of carbonyl (C=O) groups is 1. The van der Waals surface area contributed by atoms with E-state index in [1.807, 2.05) is 0 Å². The van der Waals surface area contributed by atoms with E-state index in [4.69, 9.17) is 5.73 Å². The molecule has 10 nitrogen and oxygen atoms in total. The van der Waals surface area contributed by atoms with Crippen molar-refractivity contribution in [1.82, 2.24) is 19.9 Å². The molecule has 0 fully saturated rings. The van der Waals surface area contributed by atoms with Crippen molar-refractivity contribution in [2.45, 2.75) is 0 Å². The van der Waals surface area contributed by atoms with Crippen LogP contribution in [0.4, 0.5) is 17.6 Å². The van der Waals surface area contributed by atoms with E-state index in [-0.39, 0.29) is 28.7 Å². The molecule has 21 heavy (non-hydrogen) atoms. The van der Waals surface area contributed by atoms with Crippen molar-refractivity contribution < 1.29 is 9.72 Å². The fourth-order valence-corrected chi connectivity index (χ4v) is 1.91. The Kier molecular flexibility index (Phi) is 2.76. The number of nitro groups is 1. The molecule has 0 atom stereocenters. The molecular weight excluding hydrogens is 278 g/mol. The second-order valence-corrected chi connectivity index (χ2v) is 4.16. The van der Waals surface area contributed by atoms with Crippen molar-refractivity contribution in [1.29, 1.82) is 0 Å². The summed E-state index contributed by atoms with van der Waals surface area (Å²) >= 11 is 0. The number of aromatic nitrogens is 4. The Morgan fingerprint density at radius 3 is 2.90 bits per heavy atom. The largest absolute Gasteiger partial charge is 0.369 e. The third-order valence-electron chi connectivity index (χ3n) is 2.78. The molecule has 0 aliphatic heterocycles. The molecule has 1 aromatic carbocycles. The number of nitrogens with one attached hydrogen (secondary N) is 3. The summed E-state index contributed by atoms with van der Waals surface area (Å²) in [5, 5.41) is 13.4. The summed E-state index contributed by atoms with van der Waals surface area (Å²) in [5.41, 5.74) is 5.89.